The Morgan fingerprint density at radius 3 is 2.08 bits per heavy atom. The van der Waals surface area contributed by atoms with Crippen molar-refractivity contribution in [2.24, 2.45) is 17.8 Å². The fourth-order valence-corrected chi connectivity index (χ4v) is 5.93. The van der Waals surface area contributed by atoms with Gasteiger partial charge in [-0.05, 0) is 68.3 Å². The standard InChI is InChI=1S/C22H30N2O2/c25-20(23-9-8-16-4-2-1-3-5-16)6-7-21(26)24-22-13-17-10-18(14-22)12-19(11-17)15-22/h1-5,17-19H,6-15H2,(H,23,25)(H,24,26). The Kier molecular flexibility index (Phi) is 5.01. The lowest BCUT2D eigenvalue weighted by Gasteiger charge is -2.56. The number of benzene rings is 1. The van der Waals surface area contributed by atoms with E-state index in [-0.39, 0.29) is 23.8 Å². The minimum absolute atomic E-state index is 0.0263. The predicted octanol–water partition coefficient (Wildman–Crippen LogP) is 3.21. The molecule has 1 aromatic rings. The van der Waals surface area contributed by atoms with Gasteiger partial charge in [0.1, 0.15) is 0 Å². The van der Waals surface area contributed by atoms with Crippen LogP contribution in [0.5, 0.6) is 0 Å². The molecule has 2 amide bonds. The van der Waals surface area contributed by atoms with Crippen LogP contribution in [0.1, 0.15) is 56.9 Å². The molecule has 1 aromatic carbocycles. The van der Waals surface area contributed by atoms with Gasteiger partial charge in [0, 0.05) is 24.9 Å². The molecule has 0 aliphatic heterocycles. The third kappa shape index (κ3) is 4.11. The molecule has 4 bridgehead atoms. The first-order valence-electron chi connectivity index (χ1n) is 10.2. The Bertz CT molecular complexity index is 620. The fourth-order valence-electron chi connectivity index (χ4n) is 5.93. The van der Waals surface area contributed by atoms with Crippen molar-refractivity contribution in [1.82, 2.24) is 10.6 Å². The number of hydrogen-bond acceptors (Lipinski definition) is 2. The van der Waals surface area contributed by atoms with Crippen LogP contribution in [0, 0.1) is 17.8 Å². The quantitative estimate of drug-likeness (QED) is 0.790. The van der Waals surface area contributed by atoms with E-state index in [1.54, 1.807) is 0 Å². The van der Waals surface area contributed by atoms with Crippen molar-refractivity contribution in [2.75, 3.05) is 6.54 Å². The molecule has 4 heteroatoms. The van der Waals surface area contributed by atoms with Crippen molar-refractivity contribution in [3.8, 4) is 0 Å². The van der Waals surface area contributed by atoms with Gasteiger partial charge in [-0.25, -0.2) is 0 Å². The van der Waals surface area contributed by atoms with E-state index in [1.165, 1.54) is 24.8 Å². The van der Waals surface area contributed by atoms with E-state index in [9.17, 15) is 9.59 Å². The van der Waals surface area contributed by atoms with E-state index >= 15 is 0 Å². The van der Waals surface area contributed by atoms with Crippen LogP contribution >= 0.6 is 0 Å². The van der Waals surface area contributed by atoms with Crippen LogP contribution in [0.15, 0.2) is 30.3 Å². The van der Waals surface area contributed by atoms with E-state index in [0.29, 0.717) is 13.0 Å². The second kappa shape index (κ2) is 7.42. The second-order valence-electron chi connectivity index (χ2n) is 8.83. The maximum absolute atomic E-state index is 12.4. The molecular formula is C22H30N2O2. The smallest absolute Gasteiger partial charge is 0.220 e. The summed E-state index contributed by atoms with van der Waals surface area (Å²) >= 11 is 0. The van der Waals surface area contributed by atoms with Crippen LogP contribution in [0.3, 0.4) is 0 Å². The van der Waals surface area contributed by atoms with Gasteiger partial charge in [0.15, 0.2) is 0 Å². The van der Waals surface area contributed by atoms with Gasteiger partial charge < -0.3 is 10.6 Å². The zero-order valence-electron chi connectivity index (χ0n) is 15.5. The fraction of sp³-hybridized carbons (Fsp3) is 0.636. The maximum Gasteiger partial charge on any atom is 0.220 e. The van der Waals surface area contributed by atoms with Gasteiger partial charge >= 0.3 is 0 Å². The van der Waals surface area contributed by atoms with Gasteiger partial charge in [-0.3, -0.25) is 9.59 Å². The van der Waals surface area contributed by atoms with Crippen LogP contribution in [0.4, 0.5) is 0 Å². The van der Waals surface area contributed by atoms with Crippen molar-refractivity contribution in [3.63, 3.8) is 0 Å². The molecule has 0 saturated heterocycles. The molecule has 26 heavy (non-hydrogen) atoms. The molecule has 4 fully saturated rings. The first kappa shape index (κ1) is 17.6. The lowest BCUT2D eigenvalue weighted by Crippen LogP contribution is -2.59. The highest BCUT2D eigenvalue weighted by Crippen LogP contribution is 2.55. The lowest BCUT2D eigenvalue weighted by molar-refractivity contribution is -0.130. The highest BCUT2D eigenvalue weighted by atomic mass is 16.2. The SMILES string of the molecule is O=C(CCC(=O)NC12CC3CC(CC(C3)C1)C2)NCCc1ccccc1. The minimum Gasteiger partial charge on any atom is -0.356 e. The van der Waals surface area contributed by atoms with Crippen molar-refractivity contribution in [1.29, 1.82) is 0 Å². The topological polar surface area (TPSA) is 58.2 Å². The van der Waals surface area contributed by atoms with E-state index in [1.807, 2.05) is 18.2 Å². The Balaban J connectivity index is 1.18. The summed E-state index contributed by atoms with van der Waals surface area (Å²) in [6.45, 7) is 0.624. The maximum atomic E-state index is 12.4. The van der Waals surface area contributed by atoms with Gasteiger partial charge in [0.2, 0.25) is 11.8 Å². The van der Waals surface area contributed by atoms with E-state index in [4.69, 9.17) is 0 Å². The molecule has 2 N–H and O–H groups in total. The molecule has 4 aliphatic rings. The van der Waals surface area contributed by atoms with Crippen LogP contribution in [0.25, 0.3) is 0 Å². The number of amides is 2. The van der Waals surface area contributed by atoms with Crippen LogP contribution in [-0.2, 0) is 16.0 Å². The molecule has 4 nitrogen and oxygen atoms in total. The summed E-state index contributed by atoms with van der Waals surface area (Å²) in [5.74, 6) is 2.50. The molecule has 0 radical (unpaired) electrons. The molecule has 140 valence electrons. The molecule has 4 aliphatic carbocycles. The second-order valence-corrected chi connectivity index (χ2v) is 8.83. The summed E-state index contributed by atoms with van der Waals surface area (Å²) < 4.78 is 0. The van der Waals surface area contributed by atoms with Crippen LogP contribution in [-0.4, -0.2) is 23.9 Å². The third-order valence-electron chi connectivity index (χ3n) is 6.60. The highest BCUT2D eigenvalue weighted by Gasteiger charge is 2.51. The van der Waals surface area contributed by atoms with Gasteiger partial charge in [-0.1, -0.05) is 30.3 Å². The summed E-state index contributed by atoms with van der Waals surface area (Å²) in [6.07, 6.45) is 9.02. The monoisotopic (exact) mass is 354 g/mol. The average molecular weight is 354 g/mol. The van der Waals surface area contributed by atoms with Crippen molar-refractivity contribution in [3.05, 3.63) is 35.9 Å². The lowest BCUT2D eigenvalue weighted by atomic mass is 9.53. The summed E-state index contributed by atoms with van der Waals surface area (Å²) in [5, 5.41) is 6.27. The molecular weight excluding hydrogens is 324 g/mol. The first-order chi connectivity index (χ1) is 12.6. The average Bonchev–Trinajstić information content (AvgIpc) is 2.59. The third-order valence-corrected chi connectivity index (χ3v) is 6.60. The number of carbonyl (C=O) groups is 2. The molecule has 0 aromatic heterocycles. The summed E-state index contributed by atoms with van der Waals surface area (Å²) in [4.78, 5) is 24.4. The van der Waals surface area contributed by atoms with Crippen molar-refractivity contribution >= 4 is 11.8 Å². The number of rotatable bonds is 7. The molecule has 0 atom stereocenters. The number of nitrogens with one attached hydrogen (secondary N) is 2. The molecule has 5 rings (SSSR count). The van der Waals surface area contributed by atoms with Gasteiger partial charge in [-0.15, -0.1) is 0 Å². The first-order valence-corrected chi connectivity index (χ1v) is 10.2. The molecule has 0 heterocycles. The number of hydrogen-bond donors (Lipinski definition) is 2. The summed E-state index contributed by atoms with van der Waals surface area (Å²) in [5.41, 5.74) is 1.27. The van der Waals surface area contributed by atoms with Gasteiger partial charge in [-0.2, -0.15) is 0 Å². The molecule has 4 saturated carbocycles. The Morgan fingerprint density at radius 1 is 0.885 bits per heavy atom. The number of carbonyl (C=O) groups excluding carboxylic acids is 2. The normalized spacial score (nSPS) is 31.6. The zero-order valence-corrected chi connectivity index (χ0v) is 15.5. The molecule has 0 spiro atoms. The van der Waals surface area contributed by atoms with Crippen molar-refractivity contribution in [2.45, 2.75) is 63.3 Å². The minimum atomic E-state index is -0.0263. The summed E-state index contributed by atoms with van der Waals surface area (Å²) in [6, 6.07) is 10.1. The Labute approximate surface area is 156 Å². The molecule has 0 unspecified atom stereocenters. The van der Waals surface area contributed by atoms with Crippen LogP contribution in [0.2, 0.25) is 0 Å². The Morgan fingerprint density at radius 2 is 1.46 bits per heavy atom. The summed E-state index contributed by atoms with van der Waals surface area (Å²) in [7, 11) is 0. The van der Waals surface area contributed by atoms with E-state index in [2.05, 4.69) is 22.8 Å². The van der Waals surface area contributed by atoms with Crippen molar-refractivity contribution < 1.29 is 9.59 Å². The van der Waals surface area contributed by atoms with E-state index in [0.717, 1.165) is 43.4 Å². The van der Waals surface area contributed by atoms with Gasteiger partial charge in [0.05, 0.1) is 0 Å². The predicted molar refractivity (Wildman–Crippen MR) is 101 cm³/mol. The van der Waals surface area contributed by atoms with Gasteiger partial charge in [0.25, 0.3) is 0 Å². The zero-order chi connectivity index (χ0) is 18.0. The van der Waals surface area contributed by atoms with Crippen LogP contribution < -0.4 is 10.6 Å². The largest absolute Gasteiger partial charge is 0.356 e. The highest BCUT2D eigenvalue weighted by molar-refractivity contribution is 5.84. The van der Waals surface area contributed by atoms with E-state index < -0.39 is 0 Å². The Hall–Kier alpha value is -1.84.